The van der Waals surface area contributed by atoms with Gasteiger partial charge in [0.15, 0.2) is 0 Å². The fraction of sp³-hybridized carbons (Fsp3) is 0.500. The highest BCUT2D eigenvalue weighted by atomic mass is 79.9. The van der Waals surface area contributed by atoms with E-state index >= 15 is 0 Å². The summed E-state index contributed by atoms with van der Waals surface area (Å²) >= 11 is 5.28. The zero-order valence-electron chi connectivity index (χ0n) is 10.2. The highest BCUT2D eigenvalue weighted by molar-refractivity contribution is 9.11. The number of nitrogens with one attached hydrogen (secondary N) is 1. The van der Waals surface area contributed by atoms with E-state index in [0.717, 1.165) is 37.6 Å². The lowest BCUT2D eigenvalue weighted by atomic mass is 10.1. The number of rotatable bonds is 3. The van der Waals surface area contributed by atoms with E-state index in [9.17, 15) is 0 Å². The molecule has 0 bridgehead atoms. The molecule has 1 N–H and O–H groups in total. The van der Waals surface area contributed by atoms with Crippen molar-refractivity contribution in [3.05, 3.63) is 32.4 Å². The molecule has 18 heavy (non-hydrogen) atoms. The molecule has 0 aliphatic carbocycles. The largest absolute Gasteiger partial charge is 0.314 e. The first-order valence-electron chi connectivity index (χ1n) is 6.08. The Morgan fingerprint density at radius 3 is 3.17 bits per heavy atom. The van der Waals surface area contributed by atoms with Gasteiger partial charge in [0.25, 0.3) is 0 Å². The molecule has 0 aromatic carbocycles. The Balaban J connectivity index is 1.61. The van der Waals surface area contributed by atoms with Gasteiger partial charge in [-0.15, -0.1) is 21.5 Å². The zero-order chi connectivity index (χ0) is 12.5. The van der Waals surface area contributed by atoms with Gasteiger partial charge in [0.05, 0.1) is 3.79 Å². The summed E-state index contributed by atoms with van der Waals surface area (Å²) in [5, 5.41) is 12.0. The van der Waals surface area contributed by atoms with E-state index in [1.165, 1.54) is 8.66 Å². The number of aryl methyl sites for hydroxylation is 2. The molecule has 0 saturated heterocycles. The van der Waals surface area contributed by atoms with Crippen molar-refractivity contribution in [2.45, 2.75) is 38.9 Å². The van der Waals surface area contributed by atoms with Crippen LogP contribution < -0.4 is 5.32 Å². The van der Waals surface area contributed by atoms with Gasteiger partial charge in [0.2, 0.25) is 0 Å². The van der Waals surface area contributed by atoms with Crippen LogP contribution >= 0.6 is 27.3 Å². The molecule has 96 valence electrons. The van der Waals surface area contributed by atoms with E-state index in [0.29, 0.717) is 6.04 Å². The second-order valence-corrected chi connectivity index (χ2v) is 7.14. The lowest BCUT2D eigenvalue weighted by molar-refractivity contribution is 0.376. The number of aromatic nitrogens is 3. The van der Waals surface area contributed by atoms with Crippen molar-refractivity contribution in [3.63, 3.8) is 0 Å². The van der Waals surface area contributed by atoms with E-state index in [-0.39, 0.29) is 0 Å². The maximum absolute atomic E-state index is 4.19. The lowest BCUT2D eigenvalue weighted by Gasteiger charge is -2.24. The summed E-state index contributed by atoms with van der Waals surface area (Å²) in [6, 6.07) is 4.79. The number of halogens is 1. The van der Waals surface area contributed by atoms with Crippen molar-refractivity contribution in [2.24, 2.45) is 0 Å². The molecule has 6 heteroatoms. The van der Waals surface area contributed by atoms with Crippen LogP contribution in [-0.2, 0) is 19.5 Å². The third kappa shape index (κ3) is 2.50. The Bertz CT molecular complexity index is 548. The highest BCUT2D eigenvalue weighted by Gasteiger charge is 2.20. The minimum atomic E-state index is 0.521. The van der Waals surface area contributed by atoms with Crippen LogP contribution in [0.1, 0.15) is 22.9 Å². The molecular weight excluding hydrogens is 312 g/mol. The fourth-order valence-electron chi connectivity index (χ4n) is 2.32. The van der Waals surface area contributed by atoms with Crippen molar-refractivity contribution in [1.82, 2.24) is 20.1 Å². The maximum Gasteiger partial charge on any atom is 0.133 e. The average molecular weight is 327 g/mol. The van der Waals surface area contributed by atoms with Crippen molar-refractivity contribution in [1.29, 1.82) is 0 Å². The third-order valence-corrected chi connectivity index (χ3v) is 4.95. The van der Waals surface area contributed by atoms with E-state index in [4.69, 9.17) is 0 Å². The Hall–Kier alpha value is -0.720. The molecule has 0 saturated carbocycles. The molecule has 0 amide bonds. The van der Waals surface area contributed by atoms with Crippen LogP contribution in [0.4, 0.5) is 0 Å². The summed E-state index contributed by atoms with van der Waals surface area (Å²) in [7, 11) is 0. The molecule has 3 rings (SSSR count). The molecule has 0 unspecified atom stereocenters. The predicted molar refractivity (Wildman–Crippen MR) is 75.7 cm³/mol. The second kappa shape index (κ2) is 5.11. The smallest absolute Gasteiger partial charge is 0.133 e. The van der Waals surface area contributed by atoms with Crippen molar-refractivity contribution >= 4 is 27.3 Å². The van der Waals surface area contributed by atoms with Crippen molar-refractivity contribution < 1.29 is 0 Å². The molecule has 1 atom stereocenters. The summed E-state index contributed by atoms with van der Waals surface area (Å²) < 4.78 is 3.42. The average Bonchev–Trinajstić information content (AvgIpc) is 2.94. The predicted octanol–water partition coefficient (Wildman–Crippen LogP) is 2.52. The second-order valence-electron chi connectivity index (χ2n) is 4.60. The van der Waals surface area contributed by atoms with Gasteiger partial charge < -0.3 is 9.88 Å². The molecule has 2 aromatic heterocycles. The highest BCUT2D eigenvalue weighted by Crippen LogP contribution is 2.22. The number of fused-ring (bicyclic) bond motifs is 1. The van der Waals surface area contributed by atoms with E-state index < -0.39 is 0 Å². The number of hydrogen-bond donors (Lipinski definition) is 1. The summed E-state index contributed by atoms with van der Waals surface area (Å²) in [5.74, 6) is 2.15. The molecule has 2 aromatic rings. The van der Waals surface area contributed by atoms with E-state index in [2.05, 4.69) is 48.1 Å². The maximum atomic E-state index is 4.19. The van der Waals surface area contributed by atoms with Crippen molar-refractivity contribution in [2.75, 3.05) is 0 Å². The van der Waals surface area contributed by atoms with Gasteiger partial charge in [-0.05, 0) is 41.4 Å². The van der Waals surface area contributed by atoms with E-state index in [1.807, 2.05) is 6.92 Å². The van der Waals surface area contributed by atoms with Crippen LogP contribution in [0.2, 0.25) is 0 Å². The molecule has 1 aliphatic heterocycles. The molecule has 0 spiro atoms. The van der Waals surface area contributed by atoms with E-state index in [1.54, 1.807) is 11.3 Å². The lowest BCUT2D eigenvalue weighted by Crippen LogP contribution is -2.37. The van der Waals surface area contributed by atoms with Gasteiger partial charge in [-0.2, -0.15) is 0 Å². The molecule has 0 fully saturated rings. The molecule has 4 nitrogen and oxygen atoms in total. The number of hydrogen-bond acceptors (Lipinski definition) is 4. The van der Waals surface area contributed by atoms with Gasteiger partial charge in [0, 0.05) is 30.4 Å². The quantitative estimate of drug-likeness (QED) is 0.942. The Morgan fingerprint density at radius 2 is 2.39 bits per heavy atom. The fourth-order valence-corrected chi connectivity index (χ4v) is 3.75. The normalized spacial score (nSPS) is 18.9. The van der Waals surface area contributed by atoms with Crippen LogP contribution in [0.25, 0.3) is 0 Å². The summed E-state index contributed by atoms with van der Waals surface area (Å²) in [6.45, 7) is 3.95. The standard InChI is InChI=1S/C12H15BrN4S/c1-8-15-16-12-5-2-9(7-17(8)12)14-6-10-3-4-11(13)18-10/h3-4,9,14H,2,5-7H2,1H3/t9-/m1/s1. The molecule has 0 radical (unpaired) electrons. The first-order chi connectivity index (χ1) is 8.72. The van der Waals surface area contributed by atoms with Gasteiger partial charge in [-0.25, -0.2) is 0 Å². The van der Waals surface area contributed by atoms with Crippen LogP contribution in [0.5, 0.6) is 0 Å². The Morgan fingerprint density at radius 1 is 1.50 bits per heavy atom. The number of nitrogens with zero attached hydrogens (tertiary/aromatic N) is 3. The van der Waals surface area contributed by atoms with Gasteiger partial charge >= 0.3 is 0 Å². The third-order valence-electron chi connectivity index (χ3n) is 3.33. The summed E-state index contributed by atoms with van der Waals surface area (Å²) in [4.78, 5) is 1.37. The summed E-state index contributed by atoms with van der Waals surface area (Å²) in [6.07, 6.45) is 2.16. The first-order valence-corrected chi connectivity index (χ1v) is 7.69. The zero-order valence-corrected chi connectivity index (χ0v) is 12.6. The monoisotopic (exact) mass is 326 g/mol. The van der Waals surface area contributed by atoms with Crippen LogP contribution in [-0.4, -0.2) is 20.8 Å². The van der Waals surface area contributed by atoms with Crippen molar-refractivity contribution in [3.8, 4) is 0 Å². The minimum Gasteiger partial charge on any atom is -0.314 e. The Kier molecular flexibility index (Phi) is 3.50. The molecule has 1 aliphatic rings. The molecule has 3 heterocycles. The SMILES string of the molecule is Cc1nnc2n1C[C@H](NCc1ccc(Br)s1)CC2. The van der Waals surface area contributed by atoms with Crippen LogP contribution in [0.15, 0.2) is 15.9 Å². The summed E-state index contributed by atoms with van der Waals surface area (Å²) in [5.41, 5.74) is 0. The topological polar surface area (TPSA) is 42.7 Å². The number of thiophene rings is 1. The van der Waals surface area contributed by atoms with Gasteiger partial charge in [-0.1, -0.05) is 0 Å². The Labute approximate surface area is 119 Å². The molecular formula is C12H15BrN4S. The first kappa shape index (κ1) is 12.3. The van der Waals surface area contributed by atoms with Crippen LogP contribution in [0.3, 0.4) is 0 Å². The van der Waals surface area contributed by atoms with Gasteiger partial charge in [-0.3, -0.25) is 0 Å². The van der Waals surface area contributed by atoms with Gasteiger partial charge in [0.1, 0.15) is 11.6 Å². The minimum absolute atomic E-state index is 0.521. The van der Waals surface area contributed by atoms with Crippen LogP contribution in [0, 0.1) is 6.92 Å².